The summed E-state index contributed by atoms with van der Waals surface area (Å²) in [6, 6.07) is 16.3. The topological polar surface area (TPSA) is 29.5 Å². The van der Waals surface area contributed by atoms with Crippen molar-refractivity contribution in [2.75, 3.05) is 6.61 Å². The van der Waals surface area contributed by atoms with Crippen molar-refractivity contribution in [1.82, 2.24) is 0 Å². The molecule has 1 aromatic heterocycles. The van der Waals surface area contributed by atoms with Crippen LogP contribution in [0, 0.1) is 0 Å². The van der Waals surface area contributed by atoms with Crippen LogP contribution in [0.3, 0.4) is 0 Å². The summed E-state index contributed by atoms with van der Waals surface area (Å²) in [5.41, 5.74) is 2.15. The molecule has 0 aliphatic carbocycles. The van der Waals surface area contributed by atoms with E-state index in [0.29, 0.717) is 6.61 Å². The SMILES string of the molecule is OC(c1cccc2ccsc12)C1CCOc2ccccc21. The first-order valence-corrected chi connectivity index (χ1v) is 8.08. The van der Waals surface area contributed by atoms with Crippen molar-refractivity contribution >= 4 is 21.4 Å². The Hall–Kier alpha value is -1.84. The maximum absolute atomic E-state index is 11.0. The van der Waals surface area contributed by atoms with E-state index in [0.717, 1.165) is 23.3 Å². The van der Waals surface area contributed by atoms with Gasteiger partial charge in [0.15, 0.2) is 0 Å². The molecule has 106 valence electrons. The molecule has 0 spiro atoms. The van der Waals surface area contributed by atoms with Gasteiger partial charge in [0.25, 0.3) is 0 Å². The highest BCUT2D eigenvalue weighted by Crippen LogP contribution is 2.43. The van der Waals surface area contributed by atoms with Crippen LogP contribution in [0.4, 0.5) is 0 Å². The fourth-order valence-electron chi connectivity index (χ4n) is 3.16. The number of aliphatic hydroxyl groups excluding tert-OH is 1. The molecule has 1 aliphatic rings. The minimum Gasteiger partial charge on any atom is -0.493 e. The number of rotatable bonds is 2. The molecule has 2 unspecified atom stereocenters. The van der Waals surface area contributed by atoms with Crippen LogP contribution in [-0.4, -0.2) is 11.7 Å². The second-order valence-electron chi connectivity index (χ2n) is 5.41. The molecular weight excluding hydrogens is 280 g/mol. The summed E-state index contributed by atoms with van der Waals surface area (Å²) in [4.78, 5) is 0. The summed E-state index contributed by atoms with van der Waals surface area (Å²) in [6.45, 7) is 0.666. The number of benzene rings is 2. The standard InChI is InChI=1S/C18H16O2S/c19-17(15-6-3-4-12-9-11-21-18(12)15)14-8-10-20-16-7-2-1-5-13(14)16/h1-7,9,11,14,17,19H,8,10H2. The van der Waals surface area contributed by atoms with Crippen molar-refractivity contribution in [3.63, 3.8) is 0 Å². The zero-order chi connectivity index (χ0) is 14.2. The Morgan fingerprint density at radius 1 is 1.10 bits per heavy atom. The Balaban J connectivity index is 1.79. The zero-order valence-corrected chi connectivity index (χ0v) is 12.3. The summed E-state index contributed by atoms with van der Waals surface area (Å²) in [5.74, 6) is 1.01. The maximum Gasteiger partial charge on any atom is 0.122 e. The van der Waals surface area contributed by atoms with Crippen LogP contribution >= 0.6 is 11.3 Å². The smallest absolute Gasteiger partial charge is 0.122 e. The van der Waals surface area contributed by atoms with Crippen molar-refractivity contribution in [2.45, 2.75) is 18.4 Å². The fraction of sp³-hybridized carbons (Fsp3) is 0.222. The maximum atomic E-state index is 11.0. The molecule has 2 heterocycles. The monoisotopic (exact) mass is 296 g/mol. The van der Waals surface area contributed by atoms with Crippen molar-refractivity contribution in [2.24, 2.45) is 0 Å². The normalized spacial score (nSPS) is 19.0. The quantitative estimate of drug-likeness (QED) is 0.754. The van der Waals surface area contributed by atoms with Gasteiger partial charge in [-0.3, -0.25) is 0 Å². The van der Waals surface area contributed by atoms with Crippen molar-refractivity contribution in [1.29, 1.82) is 0 Å². The lowest BCUT2D eigenvalue weighted by atomic mass is 9.85. The van der Waals surface area contributed by atoms with E-state index in [9.17, 15) is 5.11 Å². The number of para-hydroxylation sites is 1. The van der Waals surface area contributed by atoms with Gasteiger partial charge >= 0.3 is 0 Å². The minimum absolute atomic E-state index is 0.0997. The molecule has 0 bridgehead atoms. The summed E-state index contributed by atoms with van der Waals surface area (Å²) in [5, 5.41) is 14.2. The third-order valence-corrected chi connectivity index (χ3v) is 5.19. The Bertz CT molecular complexity index is 777. The van der Waals surface area contributed by atoms with Crippen LogP contribution in [0.15, 0.2) is 53.9 Å². The van der Waals surface area contributed by atoms with Gasteiger partial charge in [-0.25, -0.2) is 0 Å². The molecule has 1 N–H and O–H groups in total. The molecule has 21 heavy (non-hydrogen) atoms. The van der Waals surface area contributed by atoms with Gasteiger partial charge in [-0.15, -0.1) is 11.3 Å². The number of hydrogen-bond donors (Lipinski definition) is 1. The number of thiophene rings is 1. The van der Waals surface area contributed by atoms with E-state index in [-0.39, 0.29) is 5.92 Å². The Morgan fingerprint density at radius 2 is 2.00 bits per heavy atom. The van der Waals surface area contributed by atoms with Crippen LogP contribution in [0.5, 0.6) is 5.75 Å². The van der Waals surface area contributed by atoms with Crippen LogP contribution in [0.1, 0.15) is 29.6 Å². The number of fused-ring (bicyclic) bond motifs is 2. The van der Waals surface area contributed by atoms with E-state index in [1.165, 1.54) is 10.1 Å². The van der Waals surface area contributed by atoms with E-state index in [1.54, 1.807) is 11.3 Å². The summed E-state index contributed by atoms with van der Waals surface area (Å²) in [7, 11) is 0. The van der Waals surface area contributed by atoms with Crippen LogP contribution in [0.2, 0.25) is 0 Å². The number of aliphatic hydroxyl groups is 1. The summed E-state index contributed by atoms with van der Waals surface area (Å²) < 4.78 is 6.89. The van der Waals surface area contributed by atoms with Crippen LogP contribution < -0.4 is 4.74 Å². The van der Waals surface area contributed by atoms with E-state index < -0.39 is 6.10 Å². The zero-order valence-electron chi connectivity index (χ0n) is 11.5. The van der Waals surface area contributed by atoms with Gasteiger partial charge < -0.3 is 9.84 Å². The highest BCUT2D eigenvalue weighted by molar-refractivity contribution is 7.17. The second kappa shape index (κ2) is 5.17. The minimum atomic E-state index is -0.489. The van der Waals surface area contributed by atoms with Crippen molar-refractivity contribution < 1.29 is 9.84 Å². The van der Waals surface area contributed by atoms with Gasteiger partial charge in [-0.05, 0) is 34.9 Å². The molecule has 0 amide bonds. The van der Waals surface area contributed by atoms with Gasteiger partial charge in [0.2, 0.25) is 0 Å². The molecule has 3 heteroatoms. The Labute approximate surface area is 127 Å². The highest BCUT2D eigenvalue weighted by Gasteiger charge is 2.29. The molecule has 2 nitrogen and oxygen atoms in total. The molecule has 0 fully saturated rings. The molecule has 0 saturated heterocycles. The second-order valence-corrected chi connectivity index (χ2v) is 6.33. The molecule has 3 aromatic rings. The Kier molecular flexibility index (Phi) is 3.17. The lowest BCUT2D eigenvalue weighted by Gasteiger charge is -2.30. The molecule has 0 saturated carbocycles. The first kappa shape index (κ1) is 12.9. The van der Waals surface area contributed by atoms with Gasteiger partial charge in [-0.1, -0.05) is 36.4 Å². The molecule has 2 atom stereocenters. The lowest BCUT2D eigenvalue weighted by molar-refractivity contribution is 0.118. The van der Waals surface area contributed by atoms with E-state index >= 15 is 0 Å². The van der Waals surface area contributed by atoms with Crippen molar-refractivity contribution in [3.8, 4) is 5.75 Å². The molecule has 4 rings (SSSR count). The predicted octanol–water partition coefficient (Wildman–Crippen LogP) is 4.50. The van der Waals surface area contributed by atoms with Crippen LogP contribution in [0.25, 0.3) is 10.1 Å². The Morgan fingerprint density at radius 3 is 2.95 bits per heavy atom. The van der Waals surface area contributed by atoms with Gasteiger partial charge in [-0.2, -0.15) is 0 Å². The summed E-state index contributed by atoms with van der Waals surface area (Å²) >= 11 is 1.70. The highest BCUT2D eigenvalue weighted by atomic mass is 32.1. The molecule has 0 radical (unpaired) electrons. The van der Waals surface area contributed by atoms with Crippen LogP contribution in [-0.2, 0) is 0 Å². The largest absolute Gasteiger partial charge is 0.493 e. The molecular formula is C18H16O2S. The molecule has 1 aliphatic heterocycles. The first-order chi connectivity index (χ1) is 10.3. The predicted molar refractivity (Wildman–Crippen MR) is 86.1 cm³/mol. The van der Waals surface area contributed by atoms with Gasteiger partial charge in [0.05, 0.1) is 12.7 Å². The van der Waals surface area contributed by atoms with E-state index in [2.05, 4.69) is 23.6 Å². The third kappa shape index (κ3) is 2.13. The average molecular weight is 296 g/mol. The fourth-order valence-corrected chi connectivity index (χ4v) is 4.11. The number of hydrogen-bond acceptors (Lipinski definition) is 3. The summed E-state index contributed by atoms with van der Waals surface area (Å²) in [6.07, 6.45) is 0.359. The van der Waals surface area contributed by atoms with Gasteiger partial charge in [0.1, 0.15) is 5.75 Å². The van der Waals surface area contributed by atoms with E-state index in [4.69, 9.17) is 4.74 Å². The van der Waals surface area contributed by atoms with E-state index in [1.807, 2.05) is 30.3 Å². The molecule has 2 aromatic carbocycles. The first-order valence-electron chi connectivity index (χ1n) is 7.20. The average Bonchev–Trinajstić information content (AvgIpc) is 3.02. The third-order valence-electron chi connectivity index (χ3n) is 4.21. The van der Waals surface area contributed by atoms with Crippen molar-refractivity contribution in [3.05, 3.63) is 65.0 Å². The lowest BCUT2D eigenvalue weighted by Crippen LogP contribution is -2.20. The number of ether oxygens (including phenoxy) is 1. The van der Waals surface area contributed by atoms with Gasteiger partial charge in [0, 0.05) is 16.2 Å².